The van der Waals surface area contributed by atoms with Crippen molar-refractivity contribution < 1.29 is 4.79 Å². The van der Waals surface area contributed by atoms with E-state index in [2.05, 4.69) is 34.9 Å². The fourth-order valence-electron chi connectivity index (χ4n) is 3.50. The predicted molar refractivity (Wildman–Crippen MR) is 101 cm³/mol. The van der Waals surface area contributed by atoms with Gasteiger partial charge in [-0.05, 0) is 43.4 Å². The number of imidazole rings is 1. The number of nitrogens with zero attached hydrogens (tertiary/aromatic N) is 3. The van der Waals surface area contributed by atoms with E-state index in [-0.39, 0.29) is 6.03 Å². The van der Waals surface area contributed by atoms with E-state index in [0.717, 1.165) is 49.6 Å². The van der Waals surface area contributed by atoms with E-state index in [1.54, 1.807) is 0 Å². The molecule has 0 radical (unpaired) electrons. The van der Waals surface area contributed by atoms with Crippen molar-refractivity contribution in [1.29, 1.82) is 0 Å². The molecule has 2 amide bonds. The molecule has 0 aliphatic carbocycles. The molecule has 0 bridgehead atoms. The number of anilines is 1. The van der Waals surface area contributed by atoms with Crippen LogP contribution in [-0.4, -0.2) is 33.6 Å². The van der Waals surface area contributed by atoms with Gasteiger partial charge in [0.05, 0.1) is 0 Å². The number of hydrogen-bond donors (Lipinski definition) is 1. The Balaban J connectivity index is 1.51. The first-order valence-corrected chi connectivity index (χ1v) is 9.16. The summed E-state index contributed by atoms with van der Waals surface area (Å²) in [4.78, 5) is 18.8. The van der Waals surface area contributed by atoms with Crippen molar-refractivity contribution in [1.82, 2.24) is 14.5 Å². The minimum absolute atomic E-state index is 0.00884. The number of nitrogens with one attached hydrogen (secondary N) is 1. The summed E-state index contributed by atoms with van der Waals surface area (Å²) in [6.07, 6.45) is 6.04. The van der Waals surface area contributed by atoms with E-state index in [9.17, 15) is 4.79 Å². The van der Waals surface area contributed by atoms with Gasteiger partial charge >= 0.3 is 6.03 Å². The fourth-order valence-corrected chi connectivity index (χ4v) is 3.50. The van der Waals surface area contributed by atoms with E-state index >= 15 is 0 Å². The number of aromatic nitrogens is 2. The lowest BCUT2D eigenvalue weighted by molar-refractivity contribution is 0.176. The van der Waals surface area contributed by atoms with Gasteiger partial charge in [0.2, 0.25) is 0 Å². The third kappa shape index (κ3) is 4.41. The quantitative estimate of drug-likeness (QED) is 0.904. The molecule has 1 fully saturated rings. The van der Waals surface area contributed by atoms with Gasteiger partial charge in [0.1, 0.15) is 5.82 Å². The van der Waals surface area contributed by atoms with E-state index in [1.165, 1.54) is 0 Å². The van der Waals surface area contributed by atoms with E-state index in [4.69, 9.17) is 0 Å². The second-order valence-electron chi connectivity index (χ2n) is 7.32. The standard InChI is InChI=1S/C20H28N4O/c1-15(2)19-21-9-12-24(19)14-17-7-10-23(11-8-17)20(25)22-18-6-4-5-16(3)13-18/h4-6,9,12-13,15,17H,7-8,10-11,14H2,1-3H3,(H,22,25). The molecule has 0 spiro atoms. The molecule has 2 aromatic rings. The summed E-state index contributed by atoms with van der Waals surface area (Å²) >= 11 is 0. The van der Waals surface area contributed by atoms with Crippen molar-refractivity contribution >= 4 is 11.7 Å². The number of amides is 2. The molecule has 1 N–H and O–H groups in total. The molecule has 134 valence electrons. The Kier molecular flexibility index (Phi) is 5.41. The Hall–Kier alpha value is -2.30. The van der Waals surface area contributed by atoms with Gasteiger partial charge in [-0.3, -0.25) is 0 Å². The third-order valence-electron chi connectivity index (χ3n) is 4.89. The van der Waals surface area contributed by atoms with Crippen LogP contribution in [0.2, 0.25) is 0 Å². The molecule has 1 aliphatic heterocycles. The fraction of sp³-hybridized carbons (Fsp3) is 0.500. The van der Waals surface area contributed by atoms with Crippen LogP contribution >= 0.6 is 0 Å². The van der Waals surface area contributed by atoms with Gasteiger partial charge in [0, 0.05) is 43.6 Å². The largest absolute Gasteiger partial charge is 0.334 e. The zero-order valence-electron chi connectivity index (χ0n) is 15.4. The Morgan fingerprint density at radius 2 is 2.08 bits per heavy atom. The first kappa shape index (κ1) is 17.5. The monoisotopic (exact) mass is 340 g/mol. The topological polar surface area (TPSA) is 50.2 Å². The maximum atomic E-state index is 12.4. The second-order valence-corrected chi connectivity index (χ2v) is 7.32. The van der Waals surface area contributed by atoms with Crippen molar-refractivity contribution in [3.8, 4) is 0 Å². The van der Waals surface area contributed by atoms with Crippen LogP contribution in [0, 0.1) is 12.8 Å². The number of carbonyl (C=O) groups excluding carboxylic acids is 1. The van der Waals surface area contributed by atoms with Gasteiger partial charge in [-0.15, -0.1) is 0 Å². The van der Waals surface area contributed by atoms with Crippen molar-refractivity contribution in [2.75, 3.05) is 18.4 Å². The van der Waals surface area contributed by atoms with Gasteiger partial charge in [-0.25, -0.2) is 9.78 Å². The van der Waals surface area contributed by atoms with Gasteiger partial charge in [0.25, 0.3) is 0 Å². The maximum Gasteiger partial charge on any atom is 0.321 e. The minimum atomic E-state index is 0.00884. The molecule has 2 heterocycles. The highest BCUT2D eigenvalue weighted by molar-refractivity contribution is 5.89. The number of benzene rings is 1. The first-order chi connectivity index (χ1) is 12.0. The highest BCUT2D eigenvalue weighted by Crippen LogP contribution is 2.22. The van der Waals surface area contributed by atoms with Crippen molar-refractivity contribution in [2.45, 2.75) is 46.1 Å². The lowest BCUT2D eigenvalue weighted by Gasteiger charge is -2.32. The van der Waals surface area contributed by atoms with E-state index in [0.29, 0.717) is 11.8 Å². The number of rotatable bonds is 4. The van der Waals surface area contributed by atoms with Crippen LogP contribution in [0.4, 0.5) is 10.5 Å². The number of piperidine rings is 1. The molecule has 5 heteroatoms. The number of hydrogen-bond acceptors (Lipinski definition) is 2. The van der Waals surface area contributed by atoms with Crippen LogP contribution in [0.3, 0.4) is 0 Å². The summed E-state index contributed by atoms with van der Waals surface area (Å²) < 4.78 is 2.28. The van der Waals surface area contributed by atoms with Crippen LogP contribution in [0.15, 0.2) is 36.7 Å². The normalized spacial score (nSPS) is 15.6. The lowest BCUT2D eigenvalue weighted by atomic mass is 9.96. The van der Waals surface area contributed by atoms with E-state index < -0.39 is 0 Å². The van der Waals surface area contributed by atoms with Gasteiger partial charge in [-0.2, -0.15) is 0 Å². The smallest absolute Gasteiger partial charge is 0.321 e. The number of carbonyl (C=O) groups is 1. The van der Waals surface area contributed by atoms with Crippen LogP contribution < -0.4 is 5.32 Å². The van der Waals surface area contributed by atoms with Gasteiger partial charge in [0.15, 0.2) is 0 Å². The predicted octanol–water partition coefficient (Wildman–Crippen LogP) is 4.26. The Morgan fingerprint density at radius 3 is 2.76 bits per heavy atom. The maximum absolute atomic E-state index is 12.4. The minimum Gasteiger partial charge on any atom is -0.334 e. The van der Waals surface area contributed by atoms with Crippen molar-refractivity contribution in [3.63, 3.8) is 0 Å². The summed E-state index contributed by atoms with van der Waals surface area (Å²) in [5, 5.41) is 3.01. The zero-order valence-corrected chi connectivity index (χ0v) is 15.4. The molecule has 0 saturated carbocycles. The van der Waals surface area contributed by atoms with Crippen LogP contribution in [0.1, 0.15) is 44.0 Å². The van der Waals surface area contributed by atoms with Gasteiger partial charge in [-0.1, -0.05) is 26.0 Å². The van der Waals surface area contributed by atoms with Crippen molar-refractivity contribution in [3.05, 3.63) is 48.0 Å². The third-order valence-corrected chi connectivity index (χ3v) is 4.89. The molecule has 25 heavy (non-hydrogen) atoms. The highest BCUT2D eigenvalue weighted by Gasteiger charge is 2.23. The van der Waals surface area contributed by atoms with Crippen LogP contribution in [0.5, 0.6) is 0 Å². The van der Waals surface area contributed by atoms with Crippen molar-refractivity contribution in [2.24, 2.45) is 5.92 Å². The molecule has 1 aliphatic rings. The average molecular weight is 340 g/mol. The van der Waals surface area contributed by atoms with Gasteiger partial charge < -0.3 is 14.8 Å². The number of aryl methyl sites for hydroxylation is 1. The Morgan fingerprint density at radius 1 is 1.32 bits per heavy atom. The van der Waals surface area contributed by atoms with Crippen LogP contribution in [-0.2, 0) is 6.54 Å². The molecule has 1 aromatic heterocycles. The molecule has 1 saturated heterocycles. The molecular formula is C20H28N4O. The summed E-state index contributed by atoms with van der Waals surface area (Å²) in [7, 11) is 0. The second kappa shape index (κ2) is 7.72. The molecule has 3 rings (SSSR count). The molecule has 0 atom stereocenters. The zero-order chi connectivity index (χ0) is 17.8. The SMILES string of the molecule is Cc1cccc(NC(=O)N2CCC(Cn3ccnc3C(C)C)CC2)c1. The lowest BCUT2D eigenvalue weighted by Crippen LogP contribution is -2.41. The first-order valence-electron chi connectivity index (χ1n) is 9.16. The Bertz CT molecular complexity index is 714. The summed E-state index contributed by atoms with van der Waals surface area (Å²) in [5.41, 5.74) is 2.02. The average Bonchev–Trinajstić information content (AvgIpc) is 3.04. The number of urea groups is 1. The molecule has 0 unspecified atom stereocenters. The number of likely N-dealkylation sites (tertiary alicyclic amines) is 1. The summed E-state index contributed by atoms with van der Waals surface area (Å²) in [5.74, 6) is 2.20. The summed E-state index contributed by atoms with van der Waals surface area (Å²) in [6, 6.07) is 7.94. The molecule has 5 nitrogen and oxygen atoms in total. The Labute approximate surface area is 150 Å². The van der Waals surface area contributed by atoms with E-state index in [1.807, 2.05) is 42.3 Å². The molecular weight excluding hydrogens is 312 g/mol. The summed E-state index contributed by atoms with van der Waals surface area (Å²) in [6.45, 7) is 9.01. The highest BCUT2D eigenvalue weighted by atomic mass is 16.2. The van der Waals surface area contributed by atoms with Crippen LogP contribution in [0.25, 0.3) is 0 Å². The molecule has 1 aromatic carbocycles.